The number of fused-ring (bicyclic) bond motifs is 1. The van der Waals surface area contributed by atoms with Crippen molar-refractivity contribution in [1.82, 2.24) is 0 Å². The van der Waals surface area contributed by atoms with Gasteiger partial charge in [-0.1, -0.05) is 32.1 Å². The van der Waals surface area contributed by atoms with Gasteiger partial charge in [-0.25, -0.2) is 4.90 Å². The van der Waals surface area contributed by atoms with Gasteiger partial charge in [0.1, 0.15) is 16.4 Å². The summed E-state index contributed by atoms with van der Waals surface area (Å²) in [5.74, 6) is -0.488. The monoisotopic (exact) mass is 304 g/mol. The number of methoxy groups -OCH3 is 1. The summed E-state index contributed by atoms with van der Waals surface area (Å²) in [5.41, 5.74) is 6.31. The smallest absolute Gasteiger partial charge is 0.238 e. The summed E-state index contributed by atoms with van der Waals surface area (Å²) in [7, 11) is 1.48. The van der Waals surface area contributed by atoms with Gasteiger partial charge < -0.3 is 10.5 Å². The molecule has 1 saturated heterocycles. The fraction of sp³-hybridized carbons (Fsp3) is 0.400. The molecule has 2 aliphatic rings. The first kappa shape index (κ1) is 14.0. The summed E-state index contributed by atoms with van der Waals surface area (Å²) in [6.45, 7) is 3.87. The number of thiocarbonyl (C=S) groups is 1. The third-order valence-corrected chi connectivity index (χ3v) is 4.73. The van der Waals surface area contributed by atoms with Crippen LogP contribution in [0.15, 0.2) is 18.2 Å². The summed E-state index contributed by atoms with van der Waals surface area (Å²) in [5, 5.41) is 0. The van der Waals surface area contributed by atoms with E-state index in [0.29, 0.717) is 17.0 Å². The van der Waals surface area contributed by atoms with Gasteiger partial charge in [-0.05, 0) is 17.5 Å². The highest BCUT2D eigenvalue weighted by Gasteiger charge is 2.73. The number of hydrogen-bond donors (Lipinski definition) is 1. The molecule has 21 heavy (non-hydrogen) atoms. The van der Waals surface area contributed by atoms with Crippen LogP contribution in [0.25, 0.3) is 0 Å². The Hall–Kier alpha value is -1.95. The zero-order valence-electron chi connectivity index (χ0n) is 12.0. The first-order valence-corrected chi connectivity index (χ1v) is 7.07. The Morgan fingerprint density at radius 3 is 2.33 bits per heavy atom. The van der Waals surface area contributed by atoms with Gasteiger partial charge in [0, 0.05) is 5.56 Å². The van der Waals surface area contributed by atoms with Crippen molar-refractivity contribution in [2.24, 2.45) is 23.0 Å². The quantitative estimate of drug-likeness (QED) is 0.676. The number of piperidine rings is 1. The van der Waals surface area contributed by atoms with Crippen molar-refractivity contribution < 1.29 is 14.3 Å². The number of rotatable bonds is 3. The third-order valence-electron chi connectivity index (χ3n) is 4.51. The average Bonchev–Trinajstić information content (AvgIpc) is 2.89. The molecule has 0 spiro atoms. The van der Waals surface area contributed by atoms with Crippen LogP contribution < -0.4 is 15.4 Å². The highest BCUT2D eigenvalue weighted by molar-refractivity contribution is 7.80. The topological polar surface area (TPSA) is 72.6 Å². The molecule has 3 rings (SSSR count). The summed E-state index contributed by atoms with van der Waals surface area (Å²) in [6.07, 6.45) is 0. The van der Waals surface area contributed by atoms with E-state index >= 15 is 0 Å². The van der Waals surface area contributed by atoms with E-state index in [1.54, 1.807) is 18.2 Å². The Morgan fingerprint density at radius 1 is 1.29 bits per heavy atom. The molecule has 2 fully saturated rings. The molecule has 0 aromatic heterocycles. The number of nitrogens with two attached hydrogens (primary N) is 1. The number of benzene rings is 1. The number of nitrogens with zero attached hydrogens (tertiary/aromatic N) is 1. The maximum atomic E-state index is 12.6. The maximum Gasteiger partial charge on any atom is 0.238 e. The van der Waals surface area contributed by atoms with Gasteiger partial charge in [0.05, 0.1) is 18.9 Å². The third kappa shape index (κ3) is 1.72. The molecule has 1 saturated carbocycles. The van der Waals surface area contributed by atoms with Gasteiger partial charge >= 0.3 is 0 Å². The molecule has 2 unspecified atom stereocenters. The highest BCUT2D eigenvalue weighted by Crippen LogP contribution is 2.64. The lowest BCUT2D eigenvalue weighted by Crippen LogP contribution is -2.37. The van der Waals surface area contributed by atoms with Crippen LogP contribution in [0.1, 0.15) is 19.4 Å². The molecule has 1 aromatic rings. The van der Waals surface area contributed by atoms with Crippen LogP contribution in [0.5, 0.6) is 5.75 Å². The summed E-state index contributed by atoms with van der Waals surface area (Å²) >= 11 is 5.03. The second kappa shape index (κ2) is 4.27. The van der Waals surface area contributed by atoms with Gasteiger partial charge in [-0.3, -0.25) is 9.59 Å². The van der Waals surface area contributed by atoms with E-state index in [2.05, 4.69) is 0 Å². The second-order valence-corrected chi connectivity index (χ2v) is 6.45. The number of para-hydroxylation sites is 1. The van der Waals surface area contributed by atoms with Crippen LogP contribution in [0.4, 0.5) is 5.69 Å². The first-order valence-electron chi connectivity index (χ1n) is 6.67. The van der Waals surface area contributed by atoms with Crippen molar-refractivity contribution >= 4 is 34.7 Å². The van der Waals surface area contributed by atoms with Crippen molar-refractivity contribution in [2.75, 3.05) is 12.0 Å². The minimum atomic E-state index is -0.255. The highest BCUT2D eigenvalue weighted by atomic mass is 32.1. The van der Waals surface area contributed by atoms with Crippen LogP contribution >= 0.6 is 12.2 Å². The SMILES string of the molecule is COc1cccc(C(N)=S)c1N1C(=O)C2C(C1=O)C2(C)C. The molecular formula is C15H16N2O3S. The van der Waals surface area contributed by atoms with Crippen molar-refractivity contribution in [1.29, 1.82) is 0 Å². The Labute approximate surface area is 128 Å². The number of carbonyl (C=O) groups excluding carboxylic acids is 2. The molecule has 1 aliphatic heterocycles. The van der Waals surface area contributed by atoms with Crippen LogP contribution in [-0.2, 0) is 9.59 Å². The minimum absolute atomic E-state index is 0.129. The van der Waals surface area contributed by atoms with E-state index < -0.39 is 0 Å². The van der Waals surface area contributed by atoms with E-state index in [1.807, 2.05) is 13.8 Å². The Morgan fingerprint density at radius 2 is 1.86 bits per heavy atom. The van der Waals surface area contributed by atoms with Crippen molar-refractivity contribution in [3.63, 3.8) is 0 Å². The second-order valence-electron chi connectivity index (χ2n) is 6.01. The lowest BCUT2D eigenvalue weighted by Gasteiger charge is -2.24. The molecule has 110 valence electrons. The van der Waals surface area contributed by atoms with Crippen molar-refractivity contribution in [3.05, 3.63) is 23.8 Å². The zero-order valence-corrected chi connectivity index (χ0v) is 12.9. The Bertz CT molecular complexity index is 659. The zero-order chi connectivity index (χ0) is 15.5. The van der Waals surface area contributed by atoms with E-state index in [0.717, 1.165) is 0 Å². The van der Waals surface area contributed by atoms with Crippen LogP contribution in [0, 0.1) is 17.3 Å². The Balaban J connectivity index is 2.13. The number of carbonyl (C=O) groups is 2. The molecule has 1 heterocycles. The van der Waals surface area contributed by atoms with Crippen molar-refractivity contribution in [2.45, 2.75) is 13.8 Å². The fourth-order valence-electron chi connectivity index (χ4n) is 3.28. The molecule has 2 amide bonds. The molecule has 5 nitrogen and oxygen atoms in total. The van der Waals surface area contributed by atoms with Crippen LogP contribution in [-0.4, -0.2) is 23.9 Å². The van der Waals surface area contributed by atoms with Gasteiger partial charge in [0.2, 0.25) is 11.8 Å². The van der Waals surface area contributed by atoms with Gasteiger partial charge in [0.15, 0.2) is 0 Å². The molecule has 2 atom stereocenters. The minimum Gasteiger partial charge on any atom is -0.495 e. The lowest BCUT2D eigenvalue weighted by atomic mass is 10.0. The summed E-state index contributed by atoms with van der Waals surface area (Å²) in [4.78, 5) is 26.5. The summed E-state index contributed by atoms with van der Waals surface area (Å²) < 4.78 is 5.29. The Kier molecular flexibility index (Phi) is 2.85. The van der Waals surface area contributed by atoms with E-state index in [4.69, 9.17) is 22.7 Å². The van der Waals surface area contributed by atoms with Gasteiger partial charge in [-0.2, -0.15) is 0 Å². The molecular weight excluding hydrogens is 288 g/mol. The molecule has 1 aromatic carbocycles. The van der Waals surface area contributed by atoms with Crippen LogP contribution in [0.2, 0.25) is 0 Å². The maximum absolute atomic E-state index is 12.6. The van der Waals surface area contributed by atoms with E-state index in [9.17, 15) is 9.59 Å². The van der Waals surface area contributed by atoms with Gasteiger partial charge in [-0.15, -0.1) is 0 Å². The van der Waals surface area contributed by atoms with Crippen molar-refractivity contribution in [3.8, 4) is 5.75 Å². The molecule has 6 heteroatoms. The molecule has 2 N–H and O–H groups in total. The first-order chi connectivity index (χ1) is 9.82. The van der Waals surface area contributed by atoms with E-state index in [-0.39, 0.29) is 34.1 Å². The normalized spacial score (nSPS) is 25.8. The number of amides is 2. The lowest BCUT2D eigenvalue weighted by molar-refractivity contribution is -0.125. The predicted molar refractivity (Wildman–Crippen MR) is 82.1 cm³/mol. The van der Waals surface area contributed by atoms with Gasteiger partial charge in [0.25, 0.3) is 0 Å². The van der Waals surface area contributed by atoms with E-state index in [1.165, 1.54) is 12.0 Å². The van der Waals surface area contributed by atoms with Crippen LogP contribution in [0.3, 0.4) is 0 Å². The predicted octanol–water partition coefficient (Wildman–Crippen LogP) is 1.47. The molecule has 0 bridgehead atoms. The molecule has 0 radical (unpaired) electrons. The summed E-state index contributed by atoms with van der Waals surface area (Å²) in [6, 6.07) is 5.11. The largest absolute Gasteiger partial charge is 0.495 e. The fourth-order valence-corrected chi connectivity index (χ4v) is 3.45. The number of imide groups is 1. The number of anilines is 1. The number of hydrogen-bond acceptors (Lipinski definition) is 4. The molecule has 1 aliphatic carbocycles. The average molecular weight is 304 g/mol. The number of ether oxygens (including phenoxy) is 1. The standard InChI is InChI=1S/C15H16N2O3S/c1-15(2)9-10(15)14(19)17(13(9)18)11-7(12(16)21)5-4-6-8(11)20-3/h4-6,9-10H,1-3H3,(H2,16,21).